The Hall–Kier alpha value is -3.99. The summed E-state index contributed by atoms with van der Waals surface area (Å²) in [7, 11) is 1.33. The number of esters is 1. The number of benzene rings is 2. The molecule has 3 rings (SSSR count). The van der Waals surface area contributed by atoms with Gasteiger partial charge in [0.2, 0.25) is 0 Å². The average Bonchev–Trinajstić information content (AvgIpc) is 2.79. The first-order chi connectivity index (χ1) is 15.3. The molecule has 0 saturated heterocycles. The number of hydrogen-bond acceptors (Lipinski definition) is 4. The maximum Gasteiger partial charge on any atom is 0.337 e. The first-order valence-corrected chi connectivity index (χ1v) is 10.2. The van der Waals surface area contributed by atoms with Crippen LogP contribution in [0, 0.1) is 6.92 Å². The molecule has 1 aliphatic rings. The number of methoxy groups -OCH3 is 1. The first kappa shape index (κ1) is 22.7. The summed E-state index contributed by atoms with van der Waals surface area (Å²) in [6, 6.07) is 14.5. The summed E-state index contributed by atoms with van der Waals surface area (Å²) in [6.07, 6.45) is 5.79. The summed E-state index contributed by atoms with van der Waals surface area (Å²) < 4.78 is 4.70. The Bertz CT molecular complexity index is 1200. The standard InChI is InChI=1S/C27H26N2O3/c1-17-10-15-24(25(16-17)28-20(4)23-9-7-6-8-18(23)2)19(3)26(30)29-22-13-11-21(12-14-22)27(31)32-5/h6-16H,4H2,1-3,5H3,(H,29,30)/b24-19+,28-25?. The van der Waals surface area contributed by atoms with E-state index in [1.165, 1.54) is 7.11 Å². The van der Waals surface area contributed by atoms with Crippen molar-refractivity contribution in [3.8, 4) is 0 Å². The zero-order valence-electron chi connectivity index (χ0n) is 18.7. The number of aliphatic imine (C=N–C) groups is 1. The molecule has 32 heavy (non-hydrogen) atoms. The Morgan fingerprint density at radius 1 is 1.00 bits per heavy atom. The quantitative estimate of drug-likeness (QED) is 0.495. The second-order valence-electron chi connectivity index (χ2n) is 7.54. The lowest BCUT2D eigenvalue weighted by Crippen LogP contribution is -2.17. The van der Waals surface area contributed by atoms with Gasteiger partial charge in [-0.05, 0) is 62.2 Å². The largest absolute Gasteiger partial charge is 0.465 e. The molecule has 2 aromatic carbocycles. The van der Waals surface area contributed by atoms with E-state index in [2.05, 4.69) is 11.9 Å². The van der Waals surface area contributed by atoms with Gasteiger partial charge in [0.15, 0.2) is 0 Å². The van der Waals surface area contributed by atoms with E-state index < -0.39 is 5.97 Å². The van der Waals surface area contributed by atoms with Crippen LogP contribution in [0.4, 0.5) is 5.69 Å². The van der Waals surface area contributed by atoms with Gasteiger partial charge in [-0.15, -0.1) is 0 Å². The van der Waals surface area contributed by atoms with Gasteiger partial charge >= 0.3 is 5.97 Å². The van der Waals surface area contributed by atoms with Crippen molar-refractivity contribution in [2.75, 3.05) is 12.4 Å². The molecule has 5 heteroatoms. The van der Waals surface area contributed by atoms with Gasteiger partial charge in [-0.2, -0.15) is 0 Å². The molecule has 0 aromatic heterocycles. The van der Waals surface area contributed by atoms with Crippen LogP contribution in [0.3, 0.4) is 0 Å². The third kappa shape index (κ3) is 5.19. The van der Waals surface area contributed by atoms with Crippen LogP contribution >= 0.6 is 0 Å². The van der Waals surface area contributed by atoms with Crippen LogP contribution in [0.15, 0.2) is 95.0 Å². The maximum atomic E-state index is 12.9. The summed E-state index contributed by atoms with van der Waals surface area (Å²) in [4.78, 5) is 29.3. The molecule has 0 radical (unpaired) electrons. The Morgan fingerprint density at radius 2 is 1.69 bits per heavy atom. The molecule has 2 aromatic rings. The highest BCUT2D eigenvalue weighted by atomic mass is 16.5. The molecular formula is C27H26N2O3. The number of nitrogens with one attached hydrogen (secondary N) is 1. The number of ether oxygens (including phenoxy) is 1. The summed E-state index contributed by atoms with van der Waals surface area (Å²) in [6.45, 7) is 9.90. The number of allylic oxidation sites excluding steroid dienone is 5. The molecule has 0 fully saturated rings. The Balaban J connectivity index is 1.88. The second-order valence-corrected chi connectivity index (χ2v) is 7.54. The fraction of sp³-hybridized carbons (Fsp3) is 0.148. The van der Waals surface area contributed by atoms with E-state index >= 15 is 0 Å². The molecule has 0 atom stereocenters. The van der Waals surface area contributed by atoms with E-state index in [4.69, 9.17) is 9.73 Å². The molecule has 0 bridgehead atoms. The Labute approximate surface area is 188 Å². The van der Waals surface area contributed by atoms with Crippen molar-refractivity contribution in [2.24, 2.45) is 4.99 Å². The minimum atomic E-state index is -0.426. The van der Waals surface area contributed by atoms with E-state index in [0.717, 1.165) is 22.3 Å². The summed E-state index contributed by atoms with van der Waals surface area (Å²) in [5.41, 5.74) is 6.67. The summed E-state index contributed by atoms with van der Waals surface area (Å²) in [5.74, 6) is -0.678. The summed E-state index contributed by atoms with van der Waals surface area (Å²) in [5, 5.41) is 2.87. The number of nitrogens with zero attached hydrogens (tertiary/aromatic N) is 1. The van der Waals surface area contributed by atoms with Crippen LogP contribution < -0.4 is 5.32 Å². The molecule has 162 valence electrons. The van der Waals surface area contributed by atoms with E-state index in [0.29, 0.717) is 28.2 Å². The lowest BCUT2D eigenvalue weighted by Gasteiger charge is -2.15. The highest BCUT2D eigenvalue weighted by Crippen LogP contribution is 2.24. The lowest BCUT2D eigenvalue weighted by atomic mass is 9.96. The highest BCUT2D eigenvalue weighted by molar-refractivity contribution is 6.19. The van der Waals surface area contributed by atoms with E-state index in [1.54, 1.807) is 31.2 Å². The number of amides is 1. The first-order valence-electron chi connectivity index (χ1n) is 10.2. The number of anilines is 1. The van der Waals surface area contributed by atoms with Crippen LogP contribution in [0.5, 0.6) is 0 Å². The normalized spacial score (nSPS) is 15.8. The number of aryl methyl sites for hydroxylation is 1. The minimum Gasteiger partial charge on any atom is -0.465 e. The van der Waals surface area contributed by atoms with Crippen molar-refractivity contribution in [1.82, 2.24) is 0 Å². The van der Waals surface area contributed by atoms with Gasteiger partial charge in [0.05, 0.1) is 24.1 Å². The van der Waals surface area contributed by atoms with Gasteiger partial charge in [0.1, 0.15) is 0 Å². The van der Waals surface area contributed by atoms with Gasteiger partial charge in [-0.25, -0.2) is 9.79 Å². The average molecular weight is 427 g/mol. The number of carbonyl (C=O) groups is 2. The monoisotopic (exact) mass is 426 g/mol. The van der Waals surface area contributed by atoms with Gasteiger partial charge < -0.3 is 10.1 Å². The predicted octanol–water partition coefficient (Wildman–Crippen LogP) is 5.66. The molecule has 0 heterocycles. The third-order valence-corrected chi connectivity index (χ3v) is 5.17. The molecule has 0 aliphatic heterocycles. The van der Waals surface area contributed by atoms with Gasteiger partial charge in [-0.1, -0.05) is 43.0 Å². The van der Waals surface area contributed by atoms with Crippen LogP contribution in [0.1, 0.15) is 35.3 Å². The van der Waals surface area contributed by atoms with Crippen molar-refractivity contribution in [2.45, 2.75) is 20.8 Å². The van der Waals surface area contributed by atoms with E-state index in [-0.39, 0.29) is 5.91 Å². The maximum absolute atomic E-state index is 12.9. The number of carbonyl (C=O) groups excluding carboxylic acids is 2. The zero-order valence-corrected chi connectivity index (χ0v) is 18.7. The molecule has 0 spiro atoms. The predicted molar refractivity (Wildman–Crippen MR) is 130 cm³/mol. The zero-order chi connectivity index (χ0) is 23.3. The van der Waals surface area contributed by atoms with Crippen molar-refractivity contribution < 1.29 is 14.3 Å². The van der Waals surface area contributed by atoms with Crippen LogP contribution in [-0.4, -0.2) is 24.7 Å². The number of rotatable bonds is 5. The molecular weight excluding hydrogens is 400 g/mol. The fourth-order valence-electron chi connectivity index (χ4n) is 3.31. The van der Waals surface area contributed by atoms with Crippen molar-refractivity contribution in [3.63, 3.8) is 0 Å². The molecule has 1 aliphatic carbocycles. The van der Waals surface area contributed by atoms with Crippen molar-refractivity contribution >= 4 is 29.0 Å². The molecule has 5 nitrogen and oxygen atoms in total. The summed E-state index contributed by atoms with van der Waals surface area (Å²) >= 11 is 0. The third-order valence-electron chi connectivity index (χ3n) is 5.17. The van der Waals surface area contributed by atoms with E-state index in [9.17, 15) is 9.59 Å². The molecule has 0 unspecified atom stereocenters. The van der Waals surface area contributed by atoms with Crippen LogP contribution in [-0.2, 0) is 9.53 Å². The SMILES string of the molecule is C=C(N=C1C=C(C)C=C/C1=C(/C)C(=O)Nc1ccc(C(=O)OC)cc1)c1ccccc1C. The molecule has 1 amide bonds. The topological polar surface area (TPSA) is 67.8 Å². The van der Waals surface area contributed by atoms with Crippen molar-refractivity contribution in [1.29, 1.82) is 0 Å². The Kier molecular flexibility index (Phi) is 7.00. The number of hydrogen-bond donors (Lipinski definition) is 1. The van der Waals surface area contributed by atoms with Crippen LogP contribution in [0.25, 0.3) is 5.70 Å². The fourth-order valence-corrected chi connectivity index (χ4v) is 3.31. The van der Waals surface area contributed by atoms with Gasteiger partial charge in [0.25, 0.3) is 5.91 Å². The van der Waals surface area contributed by atoms with Gasteiger partial charge in [0, 0.05) is 22.4 Å². The van der Waals surface area contributed by atoms with Crippen molar-refractivity contribution in [3.05, 3.63) is 107 Å². The second kappa shape index (κ2) is 9.88. The van der Waals surface area contributed by atoms with E-state index in [1.807, 2.05) is 56.3 Å². The van der Waals surface area contributed by atoms with Gasteiger partial charge in [-0.3, -0.25) is 4.79 Å². The molecule has 0 saturated carbocycles. The Morgan fingerprint density at radius 3 is 2.34 bits per heavy atom. The minimum absolute atomic E-state index is 0.252. The molecule has 1 N–H and O–H groups in total. The lowest BCUT2D eigenvalue weighted by molar-refractivity contribution is -0.112. The van der Waals surface area contributed by atoms with Crippen LogP contribution in [0.2, 0.25) is 0 Å². The highest BCUT2D eigenvalue weighted by Gasteiger charge is 2.17. The smallest absolute Gasteiger partial charge is 0.337 e.